The van der Waals surface area contributed by atoms with Crippen molar-refractivity contribution in [2.24, 2.45) is 17.2 Å². The van der Waals surface area contributed by atoms with Gasteiger partial charge in [0.25, 0.3) is 0 Å². The summed E-state index contributed by atoms with van der Waals surface area (Å²) in [4.78, 5) is 28.4. The van der Waals surface area contributed by atoms with E-state index in [0.717, 1.165) is 38.2 Å². The van der Waals surface area contributed by atoms with Crippen molar-refractivity contribution in [1.29, 1.82) is 0 Å². The number of hydrogen-bond donors (Lipinski definition) is 6. The highest BCUT2D eigenvalue weighted by Gasteiger charge is 1.89. The minimum absolute atomic E-state index is 0.481. The Morgan fingerprint density at radius 2 is 0.810 bits per heavy atom. The van der Waals surface area contributed by atoms with Crippen molar-refractivity contribution in [3.8, 4) is 0 Å². The Labute approximate surface area is 124 Å². The predicted octanol–water partition coefficient (Wildman–Crippen LogP) is -2.39. The molecule has 9 N–H and O–H groups in total. The Balaban J connectivity index is -0.000000207. The molecule has 0 radical (unpaired) electrons. The lowest BCUT2D eigenvalue weighted by molar-refractivity contribution is -0.114. The van der Waals surface area contributed by atoms with Crippen LogP contribution in [0.3, 0.4) is 0 Å². The maximum Gasteiger partial charge on any atom is 0.240 e. The first-order chi connectivity index (χ1) is 9.81. The van der Waals surface area contributed by atoms with E-state index in [0.29, 0.717) is 0 Å². The molecular formula is C12H24N6O3. The van der Waals surface area contributed by atoms with Crippen LogP contribution in [-0.2, 0) is 14.4 Å². The van der Waals surface area contributed by atoms with Crippen LogP contribution in [0.15, 0.2) is 38.0 Å². The number of primary amides is 3. The first-order valence-electron chi connectivity index (χ1n) is 5.69. The quantitative estimate of drug-likeness (QED) is 0.318. The molecule has 1 saturated heterocycles. The van der Waals surface area contributed by atoms with Gasteiger partial charge in [-0.2, -0.15) is 0 Å². The van der Waals surface area contributed by atoms with Crippen molar-refractivity contribution in [1.82, 2.24) is 16.0 Å². The Kier molecular flexibility index (Phi) is 22.3. The summed E-state index contributed by atoms with van der Waals surface area (Å²) in [5, 5.41) is 9.19. The molecule has 1 aliphatic heterocycles. The number of amides is 3. The second-order valence-electron chi connectivity index (χ2n) is 3.10. The van der Waals surface area contributed by atoms with Gasteiger partial charge in [-0.3, -0.25) is 30.3 Å². The molecule has 1 fully saturated rings. The summed E-state index contributed by atoms with van der Waals surface area (Å²) in [6, 6.07) is 0. The second kappa shape index (κ2) is 19.8. The van der Waals surface area contributed by atoms with Gasteiger partial charge in [0.15, 0.2) is 0 Å². The van der Waals surface area contributed by atoms with E-state index in [-0.39, 0.29) is 0 Å². The minimum Gasteiger partial charge on any atom is -0.366 e. The molecule has 0 atom stereocenters. The Bertz CT molecular complexity index is 286. The highest BCUT2D eigenvalue weighted by atomic mass is 16.1. The van der Waals surface area contributed by atoms with E-state index in [1.54, 1.807) is 0 Å². The van der Waals surface area contributed by atoms with Crippen LogP contribution in [0.1, 0.15) is 0 Å². The van der Waals surface area contributed by atoms with Gasteiger partial charge in [0.05, 0.1) is 0 Å². The molecule has 1 heterocycles. The second-order valence-corrected chi connectivity index (χ2v) is 3.10. The van der Waals surface area contributed by atoms with E-state index in [1.165, 1.54) is 0 Å². The molecule has 9 heteroatoms. The lowest BCUT2D eigenvalue weighted by Crippen LogP contribution is -2.47. The highest BCUT2D eigenvalue weighted by molar-refractivity contribution is 5.85. The number of nitrogens with one attached hydrogen (secondary N) is 3. The first-order valence-corrected chi connectivity index (χ1v) is 5.69. The number of nitrogens with two attached hydrogens (primary N) is 3. The summed E-state index contributed by atoms with van der Waals surface area (Å²) in [5.41, 5.74) is 13.6. The van der Waals surface area contributed by atoms with Crippen LogP contribution in [-0.4, -0.2) is 37.7 Å². The molecule has 1 aliphatic rings. The van der Waals surface area contributed by atoms with Crippen molar-refractivity contribution in [3.05, 3.63) is 38.0 Å². The average Bonchev–Trinajstić information content (AvgIpc) is 2.50. The fraction of sp³-hybridized carbons (Fsp3) is 0.250. The molecule has 0 saturated carbocycles. The molecule has 3 amide bonds. The highest BCUT2D eigenvalue weighted by Crippen LogP contribution is 1.56. The van der Waals surface area contributed by atoms with Crippen LogP contribution in [0.4, 0.5) is 0 Å². The van der Waals surface area contributed by atoms with Crippen molar-refractivity contribution in [2.45, 2.75) is 0 Å². The van der Waals surface area contributed by atoms with Crippen molar-refractivity contribution < 1.29 is 14.4 Å². The molecule has 1 rings (SSSR count). The summed E-state index contributed by atoms with van der Waals surface area (Å²) in [5.74, 6) is -1.44. The molecule has 0 unspecified atom stereocenters. The predicted molar refractivity (Wildman–Crippen MR) is 82.2 cm³/mol. The first kappa shape index (κ1) is 23.6. The standard InChI is InChI=1S/C3H9N3.3C3H5NO/c1-4-2-6-3-5-1;3*1-2-3(4)5/h4-6H,1-3H2;3*2H,1H2,(H2,4,5). The summed E-state index contributed by atoms with van der Waals surface area (Å²) < 4.78 is 0. The van der Waals surface area contributed by atoms with Crippen LogP contribution >= 0.6 is 0 Å². The van der Waals surface area contributed by atoms with Crippen LogP contribution in [0.5, 0.6) is 0 Å². The zero-order valence-electron chi connectivity index (χ0n) is 11.9. The smallest absolute Gasteiger partial charge is 0.240 e. The molecule has 0 aliphatic carbocycles. The normalized spacial score (nSPS) is 11.4. The van der Waals surface area contributed by atoms with Gasteiger partial charge in [0.1, 0.15) is 0 Å². The van der Waals surface area contributed by atoms with Crippen molar-refractivity contribution in [3.63, 3.8) is 0 Å². The van der Waals surface area contributed by atoms with Gasteiger partial charge < -0.3 is 17.2 Å². The topological polar surface area (TPSA) is 165 Å². The Hall–Kier alpha value is -2.49. The van der Waals surface area contributed by atoms with Gasteiger partial charge in [-0.1, -0.05) is 19.7 Å². The van der Waals surface area contributed by atoms with E-state index < -0.39 is 17.7 Å². The van der Waals surface area contributed by atoms with Crippen LogP contribution < -0.4 is 33.2 Å². The van der Waals surface area contributed by atoms with Gasteiger partial charge in [0, 0.05) is 20.0 Å². The van der Waals surface area contributed by atoms with Crippen molar-refractivity contribution >= 4 is 17.7 Å². The Morgan fingerprint density at radius 1 is 0.667 bits per heavy atom. The number of hydrogen-bond acceptors (Lipinski definition) is 6. The largest absolute Gasteiger partial charge is 0.366 e. The number of carbonyl (C=O) groups is 3. The van der Waals surface area contributed by atoms with Crippen LogP contribution in [0.2, 0.25) is 0 Å². The summed E-state index contributed by atoms with van der Waals surface area (Å²) in [7, 11) is 0. The molecule has 9 nitrogen and oxygen atoms in total. The van der Waals surface area contributed by atoms with E-state index >= 15 is 0 Å². The lowest BCUT2D eigenvalue weighted by Gasteiger charge is -2.13. The molecule has 0 aromatic rings. The molecule has 0 spiro atoms. The fourth-order valence-corrected chi connectivity index (χ4v) is 0.453. The molecule has 0 aromatic heterocycles. The summed E-state index contributed by atoms with van der Waals surface area (Å²) in [6.45, 7) is 12.1. The molecule has 0 aromatic carbocycles. The molecule has 0 bridgehead atoms. The summed E-state index contributed by atoms with van der Waals surface area (Å²) in [6.07, 6.45) is 3.17. The molecule has 120 valence electrons. The maximum absolute atomic E-state index is 9.47. The fourth-order valence-electron chi connectivity index (χ4n) is 0.453. The van der Waals surface area contributed by atoms with Crippen molar-refractivity contribution in [2.75, 3.05) is 20.0 Å². The third kappa shape index (κ3) is 46.6. The number of carbonyl (C=O) groups excluding carboxylic acids is 3. The average molecular weight is 300 g/mol. The van der Waals surface area contributed by atoms with Gasteiger partial charge in [-0.05, 0) is 18.2 Å². The minimum atomic E-state index is -0.481. The van der Waals surface area contributed by atoms with Gasteiger partial charge >= 0.3 is 0 Å². The lowest BCUT2D eigenvalue weighted by atomic mass is 10.6. The summed E-state index contributed by atoms with van der Waals surface area (Å²) >= 11 is 0. The maximum atomic E-state index is 9.47. The zero-order valence-corrected chi connectivity index (χ0v) is 11.9. The third-order valence-corrected chi connectivity index (χ3v) is 1.35. The molecular weight excluding hydrogens is 276 g/mol. The van der Waals surface area contributed by atoms with Gasteiger partial charge in [-0.15, -0.1) is 0 Å². The van der Waals surface area contributed by atoms with Crippen LogP contribution in [0.25, 0.3) is 0 Å². The van der Waals surface area contributed by atoms with E-state index in [1.807, 2.05) is 0 Å². The van der Waals surface area contributed by atoms with E-state index in [4.69, 9.17) is 0 Å². The van der Waals surface area contributed by atoms with Gasteiger partial charge in [0.2, 0.25) is 17.7 Å². The third-order valence-electron chi connectivity index (χ3n) is 1.35. The monoisotopic (exact) mass is 300 g/mol. The van der Waals surface area contributed by atoms with Crippen LogP contribution in [0, 0.1) is 0 Å². The Morgan fingerprint density at radius 3 is 0.857 bits per heavy atom. The molecule has 21 heavy (non-hydrogen) atoms. The zero-order chi connectivity index (χ0) is 17.1. The number of rotatable bonds is 3. The van der Waals surface area contributed by atoms with E-state index in [9.17, 15) is 14.4 Å². The SMILES string of the molecule is C1NCNCN1.C=CC(N)=O.C=CC(N)=O.C=CC(N)=O. The van der Waals surface area contributed by atoms with Gasteiger partial charge in [-0.25, -0.2) is 0 Å². The van der Waals surface area contributed by atoms with E-state index in [2.05, 4.69) is 52.9 Å².